The number of carbonyl (C=O) groups is 1. The SMILES string of the molecule is Cc1cccc(NC(=O)CNc2ccc(S(=O)(=O)N3CCCC3)cc2)c1C. The number of rotatable bonds is 6. The van der Waals surface area contributed by atoms with Crippen molar-refractivity contribution in [3.05, 3.63) is 53.6 Å². The van der Waals surface area contributed by atoms with Gasteiger partial charge in [-0.2, -0.15) is 4.31 Å². The Labute approximate surface area is 160 Å². The molecule has 0 unspecified atom stereocenters. The molecular weight excluding hydrogens is 362 g/mol. The molecule has 0 atom stereocenters. The van der Waals surface area contributed by atoms with Gasteiger partial charge in [-0.15, -0.1) is 0 Å². The highest BCUT2D eigenvalue weighted by molar-refractivity contribution is 7.89. The molecular formula is C20H25N3O3S. The van der Waals surface area contributed by atoms with E-state index >= 15 is 0 Å². The van der Waals surface area contributed by atoms with Crippen molar-refractivity contribution >= 4 is 27.3 Å². The normalized spacial score (nSPS) is 14.9. The number of hydrogen-bond acceptors (Lipinski definition) is 4. The van der Waals surface area contributed by atoms with Crippen molar-refractivity contribution in [2.75, 3.05) is 30.3 Å². The summed E-state index contributed by atoms with van der Waals surface area (Å²) in [6.45, 7) is 5.24. The molecule has 0 aromatic heterocycles. The standard InChI is InChI=1S/C20H25N3O3S/c1-15-6-5-7-19(16(15)2)22-20(24)14-21-17-8-10-18(11-9-17)27(25,26)23-12-3-4-13-23/h5-11,21H,3-4,12-14H2,1-2H3,(H,22,24). The Morgan fingerprint density at radius 1 is 1.04 bits per heavy atom. The van der Waals surface area contributed by atoms with Gasteiger partial charge >= 0.3 is 0 Å². The number of nitrogens with one attached hydrogen (secondary N) is 2. The summed E-state index contributed by atoms with van der Waals surface area (Å²) in [5, 5.41) is 5.92. The Morgan fingerprint density at radius 3 is 2.37 bits per heavy atom. The lowest BCUT2D eigenvalue weighted by atomic mass is 10.1. The minimum atomic E-state index is -3.41. The lowest BCUT2D eigenvalue weighted by Crippen LogP contribution is -2.27. The maximum atomic E-state index is 12.5. The van der Waals surface area contributed by atoms with E-state index in [1.807, 2.05) is 32.0 Å². The van der Waals surface area contributed by atoms with Crippen LogP contribution in [0.2, 0.25) is 0 Å². The van der Waals surface area contributed by atoms with Crippen LogP contribution in [-0.2, 0) is 14.8 Å². The zero-order chi connectivity index (χ0) is 19.4. The van der Waals surface area contributed by atoms with Gasteiger partial charge in [0.2, 0.25) is 15.9 Å². The second-order valence-electron chi connectivity index (χ2n) is 6.78. The van der Waals surface area contributed by atoms with E-state index < -0.39 is 10.0 Å². The molecule has 0 aliphatic carbocycles. The summed E-state index contributed by atoms with van der Waals surface area (Å²) in [6.07, 6.45) is 1.82. The Kier molecular flexibility index (Phi) is 5.82. The largest absolute Gasteiger partial charge is 0.376 e. The first kappa shape index (κ1) is 19.4. The molecule has 6 nitrogen and oxygen atoms in total. The van der Waals surface area contributed by atoms with E-state index in [4.69, 9.17) is 0 Å². The molecule has 144 valence electrons. The molecule has 0 bridgehead atoms. The molecule has 1 aliphatic rings. The number of carbonyl (C=O) groups excluding carboxylic acids is 1. The lowest BCUT2D eigenvalue weighted by Gasteiger charge is -2.16. The van der Waals surface area contributed by atoms with Gasteiger partial charge in [-0.3, -0.25) is 4.79 Å². The van der Waals surface area contributed by atoms with E-state index in [2.05, 4.69) is 10.6 Å². The first-order valence-corrected chi connectivity index (χ1v) is 10.5. The van der Waals surface area contributed by atoms with Gasteiger partial charge in [0, 0.05) is 24.5 Å². The summed E-state index contributed by atoms with van der Waals surface area (Å²) < 4.78 is 26.6. The van der Waals surface area contributed by atoms with Crippen LogP contribution in [0.25, 0.3) is 0 Å². The Bertz CT molecular complexity index is 918. The van der Waals surface area contributed by atoms with Gasteiger partial charge in [-0.25, -0.2) is 8.42 Å². The van der Waals surface area contributed by atoms with Gasteiger partial charge in [0.25, 0.3) is 0 Å². The molecule has 0 radical (unpaired) electrons. The smallest absolute Gasteiger partial charge is 0.243 e. The van der Waals surface area contributed by atoms with Crippen LogP contribution in [0.1, 0.15) is 24.0 Å². The quantitative estimate of drug-likeness (QED) is 0.798. The molecule has 2 aromatic carbocycles. The van der Waals surface area contributed by atoms with Crippen LogP contribution in [0.4, 0.5) is 11.4 Å². The van der Waals surface area contributed by atoms with E-state index in [0.717, 1.165) is 29.7 Å². The number of sulfonamides is 1. The van der Waals surface area contributed by atoms with Crippen LogP contribution in [0, 0.1) is 13.8 Å². The molecule has 2 aromatic rings. The van der Waals surface area contributed by atoms with Crippen molar-refractivity contribution in [2.45, 2.75) is 31.6 Å². The van der Waals surface area contributed by atoms with E-state index in [0.29, 0.717) is 18.8 Å². The molecule has 27 heavy (non-hydrogen) atoms. The van der Waals surface area contributed by atoms with Gasteiger partial charge in [0.1, 0.15) is 0 Å². The van der Waals surface area contributed by atoms with Crippen molar-refractivity contribution in [1.82, 2.24) is 4.31 Å². The van der Waals surface area contributed by atoms with Crippen LogP contribution in [0.3, 0.4) is 0 Å². The number of nitrogens with zero attached hydrogens (tertiary/aromatic N) is 1. The van der Waals surface area contributed by atoms with Crippen LogP contribution < -0.4 is 10.6 Å². The van der Waals surface area contributed by atoms with Crippen molar-refractivity contribution in [3.63, 3.8) is 0 Å². The maximum absolute atomic E-state index is 12.5. The fraction of sp³-hybridized carbons (Fsp3) is 0.350. The minimum Gasteiger partial charge on any atom is -0.376 e. The molecule has 1 aliphatic heterocycles. The minimum absolute atomic E-state index is 0.103. The highest BCUT2D eigenvalue weighted by Crippen LogP contribution is 2.22. The van der Waals surface area contributed by atoms with Gasteiger partial charge < -0.3 is 10.6 Å². The van der Waals surface area contributed by atoms with E-state index in [1.54, 1.807) is 24.3 Å². The first-order valence-electron chi connectivity index (χ1n) is 9.08. The monoisotopic (exact) mass is 387 g/mol. The van der Waals surface area contributed by atoms with Gasteiger partial charge in [-0.05, 0) is 68.1 Å². The van der Waals surface area contributed by atoms with E-state index in [-0.39, 0.29) is 17.3 Å². The summed E-state index contributed by atoms with van der Waals surface area (Å²) in [7, 11) is -3.41. The second-order valence-corrected chi connectivity index (χ2v) is 8.72. The molecule has 3 rings (SSSR count). The third-order valence-corrected chi connectivity index (χ3v) is 6.80. The predicted molar refractivity (Wildman–Crippen MR) is 107 cm³/mol. The van der Waals surface area contributed by atoms with Crippen molar-refractivity contribution < 1.29 is 13.2 Å². The molecule has 1 heterocycles. The molecule has 1 saturated heterocycles. The molecule has 2 N–H and O–H groups in total. The summed E-state index contributed by atoms with van der Waals surface area (Å²) in [6, 6.07) is 12.3. The van der Waals surface area contributed by atoms with Crippen molar-refractivity contribution in [1.29, 1.82) is 0 Å². The summed E-state index contributed by atoms with van der Waals surface area (Å²) in [5.74, 6) is -0.155. The number of anilines is 2. The van der Waals surface area contributed by atoms with Crippen molar-refractivity contribution in [2.24, 2.45) is 0 Å². The maximum Gasteiger partial charge on any atom is 0.243 e. The summed E-state index contributed by atoms with van der Waals surface area (Å²) in [4.78, 5) is 12.5. The fourth-order valence-corrected chi connectivity index (χ4v) is 4.60. The highest BCUT2D eigenvalue weighted by Gasteiger charge is 2.26. The Morgan fingerprint density at radius 2 is 1.70 bits per heavy atom. The van der Waals surface area contributed by atoms with Gasteiger partial charge in [-0.1, -0.05) is 12.1 Å². The lowest BCUT2D eigenvalue weighted by molar-refractivity contribution is -0.114. The Balaban J connectivity index is 1.58. The first-order chi connectivity index (χ1) is 12.9. The average Bonchev–Trinajstić information content (AvgIpc) is 3.20. The predicted octanol–water partition coefficient (Wildman–Crippen LogP) is 3.14. The van der Waals surface area contributed by atoms with Crippen LogP contribution in [0.15, 0.2) is 47.4 Å². The number of benzene rings is 2. The highest BCUT2D eigenvalue weighted by atomic mass is 32.2. The van der Waals surface area contributed by atoms with Crippen LogP contribution in [-0.4, -0.2) is 38.3 Å². The molecule has 1 fully saturated rings. The zero-order valence-corrected chi connectivity index (χ0v) is 16.5. The molecule has 0 spiro atoms. The van der Waals surface area contributed by atoms with Crippen molar-refractivity contribution in [3.8, 4) is 0 Å². The summed E-state index contributed by atoms with van der Waals surface area (Å²) >= 11 is 0. The number of hydrogen-bond donors (Lipinski definition) is 2. The number of aryl methyl sites for hydroxylation is 1. The molecule has 7 heteroatoms. The fourth-order valence-electron chi connectivity index (χ4n) is 3.09. The topological polar surface area (TPSA) is 78.5 Å². The third-order valence-electron chi connectivity index (χ3n) is 4.89. The third kappa shape index (κ3) is 4.48. The number of amides is 1. The van der Waals surface area contributed by atoms with E-state index in [9.17, 15) is 13.2 Å². The van der Waals surface area contributed by atoms with E-state index in [1.165, 1.54) is 4.31 Å². The Hall–Kier alpha value is -2.38. The second kappa shape index (κ2) is 8.10. The van der Waals surface area contributed by atoms with Gasteiger partial charge in [0.05, 0.1) is 11.4 Å². The average molecular weight is 388 g/mol. The van der Waals surface area contributed by atoms with Crippen LogP contribution >= 0.6 is 0 Å². The van der Waals surface area contributed by atoms with Crippen LogP contribution in [0.5, 0.6) is 0 Å². The molecule has 1 amide bonds. The van der Waals surface area contributed by atoms with Gasteiger partial charge in [0.15, 0.2) is 0 Å². The molecule has 0 saturated carbocycles. The zero-order valence-electron chi connectivity index (χ0n) is 15.7. The summed E-state index contributed by atoms with van der Waals surface area (Å²) in [5.41, 5.74) is 3.67.